The molecular weight excluding hydrogens is 522 g/mol. The van der Waals surface area contributed by atoms with E-state index in [4.69, 9.17) is 0 Å². The second kappa shape index (κ2) is 11.4. The highest BCUT2D eigenvalue weighted by Gasteiger charge is 2.40. The highest BCUT2D eigenvalue weighted by molar-refractivity contribution is 9.10. The summed E-state index contributed by atoms with van der Waals surface area (Å²) < 4.78 is 0.965. The van der Waals surface area contributed by atoms with Gasteiger partial charge in [0.2, 0.25) is 5.91 Å². The number of anilines is 1. The van der Waals surface area contributed by atoms with Crippen molar-refractivity contribution in [3.8, 4) is 6.07 Å². The van der Waals surface area contributed by atoms with Crippen molar-refractivity contribution in [2.45, 2.75) is 25.0 Å². The molecule has 0 aromatic heterocycles. The normalized spacial score (nSPS) is 16.7. The van der Waals surface area contributed by atoms with E-state index in [9.17, 15) is 14.9 Å². The molecule has 2 amide bonds. The molecule has 0 radical (unpaired) electrons. The fraction of sp³-hybridized carbons (Fsp3) is 0.179. The number of hydrogen-bond donors (Lipinski definition) is 1. The minimum atomic E-state index is -0.472. The number of hydrogen-bond acceptors (Lipinski definition) is 4. The van der Waals surface area contributed by atoms with Gasteiger partial charge in [0.05, 0.1) is 5.25 Å². The zero-order valence-corrected chi connectivity index (χ0v) is 21.6. The number of aryl methyl sites for hydroxylation is 1. The standard InChI is InChI=1S/C28H24BrN3O2S/c1-19-7-13-23(14-8-19)32-27(34)25(17-21-9-11-22(29)12-10-21)35-28(32)24(18-30)26(33)31-16-15-20-5-3-2-4-6-20/h2-14,25H,15-17H2,1H3,(H,31,33)/b28-24-/t25-/m1/s1. The van der Waals surface area contributed by atoms with Gasteiger partial charge >= 0.3 is 0 Å². The summed E-state index contributed by atoms with van der Waals surface area (Å²) in [5, 5.41) is 12.7. The van der Waals surface area contributed by atoms with E-state index >= 15 is 0 Å². The van der Waals surface area contributed by atoms with Crippen molar-refractivity contribution in [1.82, 2.24) is 5.32 Å². The Balaban J connectivity index is 1.61. The molecule has 1 fully saturated rings. The molecule has 0 saturated carbocycles. The number of carbonyl (C=O) groups excluding carboxylic acids is 2. The SMILES string of the molecule is Cc1ccc(N2C(=O)[C@@H](Cc3ccc(Br)cc3)S/C2=C(/C#N)C(=O)NCCc2ccccc2)cc1. The summed E-state index contributed by atoms with van der Waals surface area (Å²) in [5.41, 5.74) is 3.76. The van der Waals surface area contributed by atoms with E-state index in [0.29, 0.717) is 30.1 Å². The highest BCUT2D eigenvalue weighted by Crippen LogP contribution is 2.42. The molecule has 5 nitrogen and oxygen atoms in total. The van der Waals surface area contributed by atoms with Gasteiger partial charge in [-0.1, -0.05) is 87.9 Å². The summed E-state index contributed by atoms with van der Waals surface area (Å²) in [4.78, 5) is 28.1. The lowest BCUT2D eigenvalue weighted by Gasteiger charge is -2.19. The highest BCUT2D eigenvalue weighted by atomic mass is 79.9. The first-order valence-electron chi connectivity index (χ1n) is 11.2. The number of carbonyl (C=O) groups is 2. The summed E-state index contributed by atoms with van der Waals surface area (Å²) in [7, 11) is 0. The van der Waals surface area contributed by atoms with Crippen LogP contribution in [0.5, 0.6) is 0 Å². The van der Waals surface area contributed by atoms with Crippen LogP contribution >= 0.6 is 27.7 Å². The lowest BCUT2D eigenvalue weighted by Crippen LogP contribution is -2.32. The third-order valence-corrected chi connectivity index (χ3v) is 7.47. The van der Waals surface area contributed by atoms with Crippen LogP contribution in [-0.2, 0) is 22.4 Å². The summed E-state index contributed by atoms with van der Waals surface area (Å²) in [5.74, 6) is -0.609. The van der Waals surface area contributed by atoms with Crippen molar-refractivity contribution >= 4 is 45.2 Å². The second-order valence-electron chi connectivity index (χ2n) is 8.23. The molecule has 7 heteroatoms. The maximum Gasteiger partial charge on any atom is 0.264 e. The van der Waals surface area contributed by atoms with Gasteiger partial charge in [0.1, 0.15) is 16.7 Å². The number of benzene rings is 3. The Kier molecular flexibility index (Phi) is 8.06. The van der Waals surface area contributed by atoms with Gasteiger partial charge in [-0.3, -0.25) is 14.5 Å². The first-order valence-corrected chi connectivity index (χ1v) is 12.9. The number of rotatable bonds is 7. The molecule has 1 N–H and O–H groups in total. The average molecular weight is 546 g/mol. The molecule has 1 heterocycles. The largest absolute Gasteiger partial charge is 0.351 e. The molecule has 1 saturated heterocycles. The molecule has 0 spiro atoms. The van der Waals surface area contributed by atoms with Gasteiger partial charge in [-0.15, -0.1) is 0 Å². The predicted octanol–water partition coefficient (Wildman–Crippen LogP) is 5.54. The third kappa shape index (κ3) is 6.02. The van der Waals surface area contributed by atoms with Gasteiger partial charge in [-0.25, -0.2) is 0 Å². The topological polar surface area (TPSA) is 73.2 Å². The lowest BCUT2D eigenvalue weighted by atomic mass is 10.1. The van der Waals surface area contributed by atoms with Crippen LogP contribution in [0.25, 0.3) is 0 Å². The van der Waals surface area contributed by atoms with E-state index in [1.807, 2.05) is 85.8 Å². The van der Waals surface area contributed by atoms with Gasteiger partial charge < -0.3 is 5.32 Å². The van der Waals surface area contributed by atoms with Crippen LogP contribution in [0.3, 0.4) is 0 Å². The minimum absolute atomic E-state index is 0.0460. The van der Waals surface area contributed by atoms with Gasteiger partial charge in [0, 0.05) is 16.7 Å². The van der Waals surface area contributed by atoms with E-state index < -0.39 is 11.2 Å². The fourth-order valence-corrected chi connectivity index (χ4v) is 5.38. The Morgan fingerprint density at radius 1 is 1.03 bits per heavy atom. The van der Waals surface area contributed by atoms with Crippen LogP contribution in [0.2, 0.25) is 0 Å². The monoisotopic (exact) mass is 545 g/mol. The number of nitrogens with zero attached hydrogens (tertiary/aromatic N) is 2. The second-order valence-corrected chi connectivity index (χ2v) is 10.3. The van der Waals surface area contributed by atoms with Gasteiger partial charge in [-0.05, 0) is 55.2 Å². The number of nitrogens with one attached hydrogen (secondary N) is 1. The predicted molar refractivity (Wildman–Crippen MR) is 144 cm³/mol. The molecule has 4 rings (SSSR count). The third-order valence-electron chi connectivity index (χ3n) is 5.67. The van der Waals surface area contributed by atoms with Crippen LogP contribution in [0.15, 0.2) is 93.9 Å². The summed E-state index contributed by atoms with van der Waals surface area (Å²) in [6, 6.07) is 27.2. The van der Waals surface area contributed by atoms with E-state index in [0.717, 1.165) is 21.2 Å². The summed E-state index contributed by atoms with van der Waals surface area (Å²) in [6.07, 6.45) is 1.15. The molecule has 3 aromatic carbocycles. The maximum atomic E-state index is 13.5. The first kappa shape index (κ1) is 24.8. The molecular formula is C28H24BrN3O2S. The summed E-state index contributed by atoms with van der Waals surface area (Å²) >= 11 is 4.71. The zero-order chi connectivity index (χ0) is 24.8. The molecule has 0 unspecified atom stereocenters. The average Bonchev–Trinajstić information content (AvgIpc) is 3.17. The lowest BCUT2D eigenvalue weighted by molar-refractivity contribution is -0.117. The van der Waals surface area contributed by atoms with Crippen molar-refractivity contribution in [3.05, 3.63) is 111 Å². The van der Waals surface area contributed by atoms with Gasteiger partial charge in [-0.2, -0.15) is 5.26 Å². The van der Waals surface area contributed by atoms with Crippen LogP contribution in [0.1, 0.15) is 16.7 Å². The van der Waals surface area contributed by atoms with Crippen LogP contribution in [-0.4, -0.2) is 23.6 Å². The molecule has 1 aliphatic heterocycles. The zero-order valence-electron chi connectivity index (χ0n) is 19.2. The fourth-order valence-electron chi connectivity index (χ4n) is 3.80. The number of nitriles is 1. The van der Waals surface area contributed by atoms with Crippen LogP contribution in [0, 0.1) is 18.3 Å². The van der Waals surface area contributed by atoms with Crippen molar-refractivity contribution in [1.29, 1.82) is 5.26 Å². The van der Waals surface area contributed by atoms with E-state index in [1.54, 1.807) is 0 Å². The maximum absolute atomic E-state index is 13.5. The Morgan fingerprint density at radius 2 is 1.71 bits per heavy atom. The summed E-state index contributed by atoms with van der Waals surface area (Å²) in [6.45, 7) is 2.37. The van der Waals surface area contributed by atoms with E-state index in [2.05, 4.69) is 27.3 Å². The molecule has 35 heavy (non-hydrogen) atoms. The first-order chi connectivity index (χ1) is 17.0. The Bertz CT molecular complexity index is 1280. The molecule has 3 aromatic rings. The quantitative estimate of drug-likeness (QED) is 0.312. The molecule has 0 bridgehead atoms. The molecule has 1 aliphatic rings. The number of amides is 2. The Hall–Kier alpha value is -3.34. The molecule has 0 aliphatic carbocycles. The van der Waals surface area contributed by atoms with Crippen molar-refractivity contribution in [2.75, 3.05) is 11.4 Å². The Labute approximate surface area is 218 Å². The number of halogens is 1. The van der Waals surface area contributed by atoms with E-state index in [1.165, 1.54) is 16.7 Å². The van der Waals surface area contributed by atoms with Crippen LogP contribution < -0.4 is 10.2 Å². The van der Waals surface area contributed by atoms with Crippen LogP contribution in [0.4, 0.5) is 5.69 Å². The van der Waals surface area contributed by atoms with Crippen molar-refractivity contribution in [3.63, 3.8) is 0 Å². The van der Waals surface area contributed by atoms with Crippen molar-refractivity contribution in [2.24, 2.45) is 0 Å². The van der Waals surface area contributed by atoms with E-state index in [-0.39, 0.29) is 11.5 Å². The number of thioether (sulfide) groups is 1. The molecule has 176 valence electrons. The smallest absolute Gasteiger partial charge is 0.264 e. The molecule has 1 atom stereocenters. The van der Waals surface area contributed by atoms with Crippen molar-refractivity contribution < 1.29 is 9.59 Å². The van der Waals surface area contributed by atoms with Gasteiger partial charge in [0.25, 0.3) is 5.91 Å². The minimum Gasteiger partial charge on any atom is -0.351 e. The Morgan fingerprint density at radius 3 is 2.37 bits per heavy atom. The van der Waals surface area contributed by atoms with Gasteiger partial charge in [0.15, 0.2) is 0 Å².